The van der Waals surface area contributed by atoms with Gasteiger partial charge in [-0.15, -0.1) is 0 Å². The highest BCUT2D eigenvalue weighted by atomic mass is 19.1. The van der Waals surface area contributed by atoms with Gasteiger partial charge in [0.25, 0.3) is 0 Å². The maximum absolute atomic E-state index is 13.8. The molecule has 0 aliphatic carbocycles. The number of likely N-dealkylation sites (tertiary alicyclic amines) is 1. The second-order valence-electron chi connectivity index (χ2n) is 9.00. The normalized spacial score (nSPS) is 19.2. The fraction of sp³-hybridized carbons (Fsp3) is 0.393. The average molecular weight is 481 g/mol. The van der Waals surface area contributed by atoms with Crippen LogP contribution in [0.3, 0.4) is 0 Å². The minimum Gasteiger partial charge on any atom is -0.497 e. The van der Waals surface area contributed by atoms with E-state index in [4.69, 9.17) is 4.74 Å². The van der Waals surface area contributed by atoms with Crippen LogP contribution >= 0.6 is 0 Å². The van der Waals surface area contributed by atoms with Gasteiger partial charge in [0.1, 0.15) is 17.4 Å². The van der Waals surface area contributed by atoms with Crippen LogP contribution in [0.5, 0.6) is 5.75 Å². The minimum absolute atomic E-state index is 0.0437. The summed E-state index contributed by atoms with van der Waals surface area (Å²) in [5, 5.41) is 21.8. The first kappa shape index (κ1) is 25.1. The van der Waals surface area contributed by atoms with Gasteiger partial charge in [-0.2, -0.15) is 0 Å². The molecular formula is C28H30F2N2O3. The van der Waals surface area contributed by atoms with Crippen LogP contribution in [0.15, 0.2) is 48.7 Å². The number of aromatic nitrogens is 1. The van der Waals surface area contributed by atoms with Gasteiger partial charge in [-0.3, -0.25) is 9.88 Å². The highest BCUT2D eigenvalue weighted by Gasteiger charge is 2.29. The Balaban J connectivity index is 1.35. The molecule has 2 N–H and O–H groups in total. The molecule has 4 rings (SSSR count). The van der Waals surface area contributed by atoms with Gasteiger partial charge in [0.2, 0.25) is 0 Å². The third kappa shape index (κ3) is 5.96. The molecule has 0 unspecified atom stereocenters. The van der Waals surface area contributed by atoms with E-state index in [0.717, 1.165) is 35.9 Å². The molecule has 1 saturated heterocycles. The van der Waals surface area contributed by atoms with E-state index in [0.29, 0.717) is 25.3 Å². The van der Waals surface area contributed by atoms with E-state index in [1.165, 1.54) is 18.2 Å². The van der Waals surface area contributed by atoms with Crippen LogP contribution in [0, 0.1) is 35.3 Å². The number of rotatable bonds is 7. The van der Waals surface area contributed by atoms with E-state index >= 15 is 0 Å². The zero-order chi connectivity index (χ0) is 24.8. The Bertz CT molecular complexity index is 1200. The van der Waals surface area contributed by atoms with Crippen molar-refractivity contribution in [2.24, 2.45) is 11.8 Å². The van der Waals surface area contributed by atoms with Crippen molar-refractivity contribution in [1.29, 1.82) is 0 Å². The zero-order valence-electron chi connectivity index (χ0n) is 19.8. The molecule has 0 radical (unpaired) electrons. The Morgan fingerprint density at radius 2 is 1.97 bits per heavy atom. The zero-order valence-corrected chi connectivity index (χ0v) is 19.8. The molecule has 0 saturated carbocycles. The van der Waals surface area contributed by atoms with Gasteiger partial charge in [0.05, 0.1) is 30.8 Å². The van der Waals surface area contributed by atoms with Gasteiger partial charge in [-0.05, 0) is 79.6 Å². The van der Waals surface area contributed by atoms with Crippen LogP contribution < -0.4 is 4.74 Å². The molecular weight excluding hydrogens is 450 g/mol. The average Bonchev–Trinajstić information content (AvgIpc) is 2.88. The summed E-state index contributed by atoms with van der Waals surface area (Å²) >= 11 is 0. The predicted octanol–water partition coefficient (Wildman–Crippen LogP) is 4.32. The Hall–Kier alpha value is -3.05. The van der Waals surface area contributed by atoms with E-state index in [1.54, 1.807) is 13.3 Å². The van der Waals surface area contributed by atoms with Crippen molar-refractivity contribution >= 4 is 10.9 Å². The molecule has 2 heterocycles. The van der Waals surface area contributed by atoms with Gasteiger partial charge >= 0.3 is 0 Å². The molecule has 35 heavy (non-hydrogen) atoms. The molecule has 7 heteroatoms. The Labute approximate surface area is 204 Å². The monoisotopic (exact) mass is 480 g/mol. The number of aliphatic hydroxyl groups excluding tert-OH is 2. The number of hydrogen-bond donors (Lipinski definition) is 2. The third-order valence-electron chi connectivity index (χ3n) is 6.84. The van der Waals surface area contributed by atoms with Crippen molar-refractivity contribution in [2.45, 2.75) is 25.4 Å². The van der Waals surface area contributed by atoms with Crippen molar-refractivity contribution in [3.8, 4) is 17.6 Å². The largest absolute Gasteiger partial charge is 0.497 e. The summed E-state index contributed by atoms with van der Waals surface area (Å²) in [7, 11) is 1.61. The van der Waals surface area contributed by atoms with Crippen LogP contribution in [-0.2, 0) is 0 Å². The SMILES string of the molecule is COc1ccc2nccc([C@H](O)CC[C@@H]3CCN(CC#Cc4c(F)cccc4F)C[C@@H]3CO)c2c1. The van der Waals surface area contributed by atoms with E-state index in [9.17, 15) is 19.0 Å². The fourth-order valence-electron chi connectivity index (χ4n) is 4.84. The van der Waals surface area contributed by atoms with Gasteiger partial charge in [-0.1, -0.05) is 17.9 Å². The third-order valence-corrected chi connectivity index (χ3v) is 6.84. The lowest BCUT2D eigenvalue weighted by Gasteiger charge is -2.37. The number of nitrogens with zero attached hydrogens (tertiary/aromatic N) is 2. The summed E-state index contributed by atoms with van der Waals surface area (Å²) in [4.78, 5) is 6.48. The van der Waals surface area contributed by atoms with Crippen LogP contribution in [0.1, 0.15) is 36.5 Å². The van der Waals surface area contributed by atoms with E-state index in [2.05, 4.69) is 21.7 Å². The first-order chi connectivity index (χ1) is 17.0. The molecule has 1 aliphatic rings. The standard InChI is InChI=1S/C28H30F2N2O3/c1-35-21-8-9-27-24(16-21)22(11-13-31-27)28(34)10-7-19-12-15-32(17-20(19)18-33)14-3-4-23-25(29)5-2-6-26(23)30/h2,5-6,8-9,11,13,16,19-20,28,33-34H,7,10,12,14-15,17-18H2,1H3/t19-,20-,28-/m1/s1. The number of benzene rings is 2. The van der Waals surface area contributed by atoms with Crippen molar-refractivity contribution in [3.63, 3.8) is 0 Å². The fourth-order valence-corrected chi connectivity index (χ4v) is 4.84. The van der Waals surface area contributed by atoms with Crippen molar-refractivity contribution in [2.75, 3.05) is 33.4 Å². The smallest absolute Gasteiger partial charge is 0.141 e. The molecule has 2 aromatic carbocycles. The first-order valence-corrected chi connectivity index (χ1v) is 11.9. The summed E-state index contributed by atoms with van der Waals surface area (Å²) in [5.74, 6) is 5.18. The Kier molecular flexibility index (Phi) is 8.29. The summed E-state index contributed by atoms with van der Waals surface area (Å²) in [5.41, 5.74) is 1.42. The maximum atomic E-state index is 13.8. The summed E-state index contributed by atoms with van der Waals surface area (Å²) in [6.45, 7) is 1.86. The minimum atomic E-state index is -0.663. The van der Waals surface area contributed by atoms with E-state index < -0.39 is 17.7 Å². The number of fused-ring (bicyclic) bond motifs is 1. The molecule has 1 aromatic heterocycles. The van der Waals surface area contributed by atoms with E-state index in [1.807, 2.05) is 24.3 Å². The molecule has 0 bridgehead atoms. The van der Waals surface area contributed by atoms with Gasteiger partial charge < -0.3 is 14.9 Å². The lowest BCUT2D eigenvalue weighted by molar-refractivity contribution is 0.0640. The number of methoxy groups -OCH3 is 1. The molecule has 0 amide bonds. The summed E-state index contributed by atoms with van der Waals surface area (Å²) in [6.07, 6.45) is 3.27. The van der Waals surface area contributed by atoms with Crippen LogP contribution in [0.25, 0.3) is 10.9 Å². The van der Waals surface area contributed by atoms with Crippen molar-refractivity contribution < 1.29 is 23.7 Å². The van der Waals surface area contributed by atoms with Crippen molar-refractivity contribution in [1.82, 2.24) is 9.88 Å². The van der Waals surface area contributed by atoms with Gasteiger partial charge in [-0.25, -0.2) is 8.78 Å². The number of aliphatic hydroxyl groups is 2. The number of ether oxygens (including phenoxy) is 1. The second kappa shape index (κ2) is 11.6. The highest BCUT2D eigenvalue weighted by Crippen LogP contribution is 2.33. The first-order valence-electron chi connectivity index (χ1n) is 11.9. The predicted molar refractivity (Wildman–Crippen MR) is 131 cm³/mol. The molecule has 184 valence electrons. The molecule has 5 nitrogen and oxygen atoms in total. The Morgan fingerprint density at radius 1 is 1.17 bits per heavy atom. The molecule has 3 aromatic rings. The van der Waals surface area contributed by atoms with E-state index in [-0.39, 0.29) is 24.0 Å². The lowest BCUT2D eigenvalue weighted by atomic mass is 9.81. The van der Waals surface area contributed by atoms with Crippen LogP contribution in [0.4, 0.5) is 8.78 Å². The Morgan fingerprint density at radius 3 is 2.71 bits per heavy atom. The number of pyridine rings is 1. The molecule has 3 atom stereocenters. The van der Waals surface area contributed by atoms with Crippen LogP contribution in [0.2, 0.25) is 0 Å². The lowest BCUT2D eigenvalue weighted by Crippen LogP contribution is -2.42. The molecule has 0 spiro atoms. The quantitative estimate of drug-likeness (QED) is 0.493. The number of halogens is 2. The van der Waals surface area contributed by atoms with Crippen molar-refractivity contribution in [3.05, 3.63) is 71.4 Å². The van der Waals surface area contributed by atoms with Gasteiger partial charge in [0, 0.05) is 24.7 Å². The number of piperidine rings is 1. The number of hydrogen-bond acceptors (Lipinski definition) is 5. The maximum Gasteiger partial charge on any atom is 0.141 e. The second-order valence-corrected chi connectivity index (χ2v) is 9.00. The summed E-state index contributed by atoms with van der Waals surface area (Å²) in [6, 6.07) is 11.2. The van der Waals surface area contributed by atoms with Gasteiger partial charge in [0.15, 0.2) is 0 Å². The van der Waals surface area contributed by atoms with Crippen LogP contribution in [-0.4, -0.2) is 53.4 Å². The molecule has 1 aliphatic heterocycles. The summed E-state index contributed by atoms with van der Waals surface area (Å²) < 4.78 is 32.8. The molecule has 1 fully saturated rings. The topological polar surface area (TPSA) is 65.8 Å². The highest BCUT2D eigenvalue weighted by molar-refractivity contribution is 5.83.